The predicted molar refractivity (Wildman–Crippen MR) is 52.1 cm³/mol. The van der Waals surface area contributed by atoms with Crippen LogP contribution in [0.4, 0.5) is 5.69 Å². The molecule has 0 aromatic heterocycles. The second-order valence-electron chi connectivity index (χ2n) is 2.19. The van der Waals surface area contributed by atoms with Crippen LogP contribution >= 0.6 is 27.5 Å². The van der Waals surface area contributed by atoms with Crippen molar-refractivity contribution in [3.05, 3.63) is 27.2 Å². The average molecular weight is 249 g/mol. The molecule has 0 spiro atoms. The van der Waals surface area contributed by atoms with Crippen LogP contribution in [0.1, 0.15) is 10.4 Å². The summed E-state index contributed by atoms with van der Waals surface area (Å²) < 4.78 is 0.604. The molecule has 0 aliphatic rings. The molecule has 12 heavy (non-hydrogen) atoms. The fraction of sp³-hybridized carbons (Fsp3) is 0. The molecule has 0 bridgehead atoms. The molecule has 1 amide bonds. The third kappa shape index (κ3) is 1.54. The fourth-order valence-electron chi connectivity index (χ4n) is 0.816. The maximum absolute atomic E-state index is 10.8. The first kappa shape index (κ1) is 9.35. The van der Waals surface area contributed by atoms with Gasteiger partial charge in [-0.3, -0.25) is 4.79 Å². The number of rotatable bonds is 1. The van der Waals surface area contributed by atoms with Crippen LogP contribution in [0.2, 0.25) is 5.02 Å². The molecular formula is C7H6BrClN2O. The normalized spacial score (nSPS) is 9.83. The molecule has 0 aliphatic heterocycles. The second-order valence-corrected chi connectivity index (χ2v) is 3.42. The van der Waals surface area contributed by atoms with Gasteiger partial charge in [-0.2, -0.15) is 0 Å². The van der Waals surface area contributed by atoms with Crippen LogP contribution < -0.4 is 11.5 Å². The molecule has 0 saturated heterocycles. The Balaban J connectivity index is 3.43. The van der Waals surface area contributed by atoms with Crippen molar-refractivity contribution in [3.63, 3.8) is 0 Å². The van der Waals surface area contributed by atoms with Gasteiger partial charge in [0.05, 0.1) is 10.6 Å². The maximum Gasteiger partial charge on any atom is 0.252 e. The van der Waals surface area contributed by atoms with E-state index in [1.807, 2.05) is 0 Å². The van der Waals surface area contributed by atoms with E-state index < -0.39 is 5.91 Å². The van der Waals surface area contributed by atoms with Crippen molar-refractivity contribution in [2.75, 3.05) is 5.73 Å². The Bertz CT molecular complexity index is 340. The molecule has 0 unspecified atom stereocenters. The molecular weight excluding hydrogens is 243 g/mol. The Morgan fingerprint density at radius 1 is 1.50 bits per heavy atom. The Labute approximate surface area is 82.8 Å². The number of carbonyl (C=O) groups excluding carboxylic acids is 1. The number of halogens is 2. The van der Waals surface area contributed by atoms with Gasteiger partial charge in [0.2, 0.25) is 0 Å². The maximum atomic E-state index is 10.8. The number of benzene rings is 1. The lowest BCUT2D eigenvalue weighted by Gasteiger charge is -2.04. The summed E-state index contributed by atoms with van der Waals surface area (Å²) in [5.74, 6) is -0.626. The summed E-state index contributed by atoms with van der Waals surface area (Å²) in [7, 11) is 0. The second kappa shape index (κ2) is 3.33. The van der Waals surface area contributed by atoms with Gasteiger partial charge in [-0.15, -0.1) is 0 Å². The lowest BCUT2D eigenvalue weighted by Crippen LogP contribution is -2.14. The molecule has 0 atom stereocenters. The van der Waals surface area contributed by atoms with Crippen LogP contribution in [-0.4, -0.2) is 5.91 Å². The average Bonchev–Trinajstić information content (AvgIpc) is 1.97. The molecule has 1 aromatic rings. The quantitative estimate of drug-likeness (QED) is 0.745. The highest BCUT2D eigenvalue weighted by Gasteiger charge is 2.12. The molecule has 5 heteroatoms. The van der Waals surface area contributed by atoms with E-state index in [0.29, 0.717) is 4.47 Å². The Hall–Kier alpha value is -0.740. The van der Waals surface area contributed by atoms with Gasteiger partial charge >= 0.3 is 0 Å². The van der Waals surface area contributed by atoms with Gasteiger partial charge in [-0.05, 0) is 28.1 Å². The van der Waals surface area contributed by atoms with E-state index in [2.05, 4.69) is 15.9 Å². The van der Waals surface area contributed by atoms with Gasteiger partial charge in [0.25, 0.3) is 5.91 Å². The van der Waals surface area contributed by atoms with E-state index in [1.54, 1.807) is 12.1 Å². The fourth-order valence-corrected chi connectivity index (χ4v) is 1.41. The van der Waals surface area contributed by atoms with Crippen molar-refractivity contribution in [2.45, 2.75) is 0 Å². The number of anilines is 1. The predicted octanol–water partition coefficient (Wildman–Crippen LogP) is 1.78. The van der Waals surface area contributed by atoms with E-state index in [4.69, 9.17) is 23.1 Å². The summed E-state index contributed by atoms with van der Waals surface area (Å²) in [4.78, 5) is 10.8. The van der Waals surface area contributed by atoms with Crippen molar-refractivity contribution in [2.24, 2.45) is 5.73 Å². The van der Waals surface area contributed by atoms with Crippen LogP contribution in [0.5, 0.6) is 0 Å². The SMILES string of the molecule is NC(=O)c1c(N)ccc(Br)c1Cl. The van der Waals surface area contributed by atoms with Gasteiger partial charge in [0.1, 0.15) is 0 Å². The number of nitrogen functional groups attached to an aromatic ring is 1. The smallest absolute Gasteiger partial charge is 0.252 e. The largest absolute Gasteiger partial charge is 0.398 e. The van der Waals surface area contributed by atoms with Gasteiger partial charge in [0, 0.05) is 10.2 Å². The molecule has 3 nitrogen and oxygen atoms in total. The minimum Gasteiger partial charge on any atom is -0.398 e. The van der Waals surface area contributed by atoms with E-state index in [-0.39, 0.29) is 16.3 Å². The zero-order chi connectivity index (χ0) is 9.30. The number of carbonyl (C=O) groups is 1. The summed E-state index contributed by atoms with van der Waals surface area (Å²) >= 11 is 8.92. The van der Waals surface area contributed by atoms with Gasteiger partial charge < -0.3 is 11.5 Å². The van der Waals surface area contributed by atoms with Crippen LogP contribution in [0, 0.1) is 0 Å². The van der Waals surface area contributed by atoms with E-state index >= 15 is 0 Å². The number of primary amides is 1. The molecule has 0 radical (unpaired) electrons. The van der Waals surface area contributed by atoms with Crippen molar-refractivity contribution >= 4 is 39.1 Å². The van der Waals surface area contributed by atoms with Gasteiger partial charge in [0.15, 0.2) is 0 Å². The van der Waals surface area contributed by atoms with E-state index in [0.717, 1.165) is 0 Å². The standard InChI is InChI=1S/C7H6BrClN2O/c8-3-1-2-4(10)5(6(3)9)7(11)12/h1-2H,10H2,(H2,11,12). The number of hydrogen-bond donors (Lipinski definition) is 2. The van der Waals surface area contributed by atoms with E-state index in [9.17, 15) is 4.79 Å². The van der Waals surface area contributed by atoms with Crippen LogP contribution in [0.15, 0.2) is 16.6 Å². The molecule has 0 aliphatic carbocycles. The first-order valence-electron chi connectivity index (χ1n) is 3.07. The summed E-state index contributed by atoms with van der Waals surface area (Å²) in [6.45, 7) is 0. The Kier molecular flexibility index (Phi) is 2.59. The first-order chi connectivity index (χ1) is 5.54. The molecule has 4 N–H and O–H groups in total. The highest BCUT2D eigenvalue weighted by molar-refractivity contribution is 9.10. The van der Waals surface area contributed by atoms with Crippen molar-refractivity contribution in [1.29, 1.82) is 0 Å². The van der Waals surface area contributed by atoms with Crippen LogP contribution in [0.25, 0.3) is 0 Å². The highest BCUT2D eigenvalue weighted by atomic mass is 79.9. The first-order valence-corrected chi connectivity index (χ1v) is 4.24. The zero-order valence-corrected chi connectivity index (χ0v) is 8.32. The Morgan fingerprint density at radius 2 is 2.08 bits per heavy atom. The third-order valence-corrected chi connectivity index (χ3v) is 2.66. The molecule has 1 aromatic carbocycles. The lowest BCUT2D eigenvalue weighted by molar-refractivity contribution is 0.100. The minimum absolute atomic E-state index is 0.158. The van der Waals surface area contributed by atoms with Crippen molar-refractivity contribution in [1.82, 2.24) is 0 Å². The monoisotopic (exact) mass is 248 g/mol. The lowest BCUT2D eigenvalue weighted by atomic mass is 10.2. The highest BCUT2D eigenvalue weighted by Crippen LogP contribution is 2.29. The summed E-state index contributed by atoms with van der Waals surface area (Å²) in [5.41, 5.74) is 11.0. The number of hydrogen-bond acceptors (Lipinski definition) is 2. The van der Waals surface area contributed by atoms with E-state index in [1.165, 1.54) is 0 Å². The topological polar surface area (TPSA) is 69.1 Å². The van der Waals surface area contributed by atoms with Gasteiger partial charge in [-0.25, -0.2) is 0 Å². The molecule has 0 heterocycles. The Morgan fingerprint density at radius 3 is 2.50 bits per heavy atom. The minimum atomic E-state index is -0.626. The zero-order valence-electron chi connectivity index (χ0n) is 5.97. The summed E-state index contributed by atoms with van der Waals surface area (Å²) in [6, 6.07) is 3.22. The third-order valence-electron chi connectivity index (χ3n) is 1.37. The molecule has 64 valence electrons. The van der Waals surface area contributed by atoms with Gasteiger partial charge in [-0.1, -0.05) is 11.6 Å². The van der Waals surface area contributed by atoms with Crippen molar-refractivity contribution < 1.29 is 4.79 Å². The van der Waals surface area contributed by atoms with Crippen molar-refractivity contribution in [3.8, 4) is 0 Å². The summed E-state index contributed by atoms with van der Waals surface area (Å²) in [6.07, 6.45) is 0. The number of nitrogens with two attached hydrogens (primary N) is 2. The molecule has 0 saturated carbocycles. The molecule has 0 fully saturated rings. The molecule has 1 rings (SSSR count). The van der Waals surface area contributed by atoms with Crippen LogP contribution in [-0.2, 0) is 0 Å². The van der Waals surface area contributed by atoms with Crippen LogP contribution in [0.3, 0.4) is 0 Å². The summed E-state index contributed by atoms with van der Waals surface area (Å²) in [5, 5.41) is 0.252. The number of amides is 1.